The number of hydrogen-bond acceptors (Lipinski definition) is 3. The number of hydrogen-bond donors (Lipinski definition) is 1. The van der Waals surface area contributed by atoms with Gasteiger partial charge in [-0.25, -0.2) is 13.8 Å². The fourth-order valence-corrected chi connectivity index (χ4v) is 2.03. The van der Waals surface area contributed by atoms with Crippen LogP contribution in [0.1, 0.15) is 17.6 Å². The van der Waals surface area contributed by atoms with Gasteiger partial charge in [-0.1, -0.05) is 6.92 Å². The first-order valence-electron chi connectivity index (χ1n) is 4.56. The first-order valence-corrected chi connectivity index (χ1v) is 5.44. The van der Waals surface area contributed by atoms with Gasteiger partial charge in [-0.05, 0) is 13.5 Å². The maximum Gasteiger partial charge on any atom is 0.254 e. The number of thiazole rings is 1. The molecule has 1 aromatic rings. The van der Waals surface area contributed by atoms with E-state index in [1.54, 1.807) is 0 Å². The lowest BCUT2D eigenvalue weighted by Crippen LogP contribution is -2.37. The molecule has 1 heterocycles. The minimum atomic E-state index is -2.33. The number of likely N-dealkylation sites (N-methyl/N-ethyl adjacent to an activating group) is 1. The van der Waals surface area contributed by atoms with Gasteiger partial charge in [0.25, 0.3) is 6.43 Å². The van der Waals surface area contributed by atoms with Crippen LogP contribution in [-0.4, -0.2) is 24.0 Å². The Morgan fingerprint density at radius 3 is 2.71 bits per heavy atom. The average molecular weight is 220 g/mol. The van der Waals surface area contributed by atoms with Gasteiger partial charge < -0.3 is 5.32 Å². The van der Waals surface area contributed by atoms with E-state index in [-0.39, 0.29) is 0 Å². The zero-order valence-electron chi connectivity index (χ0n) is 8.26. The average Bonchev–Trinajstić information content (AvgIpc) is 2.50. The largest absolute Gasteiger partial charge is 0.309 e. The molecule has 0 aliphatic carbocycles. The van der Waals surface area contributed by atoms with E-state index in [4.69, 9.17) is 0 Å². The Hall–Kier alpha value is -0.550. The summed E-state index contributed by atoms with van der Waals surface area (Å²) in [7, 11) is 0. The smallest absolute Gasteiger partial charge is 0.254 e. The Morgan fingerprint density at radius 1 is 1.57 bits per heavy atom. The molecule has 2 nitrogen and oxygen atoms in total. The highest BCUT2D eigenvalue weighted by Crippen LogP contribution is 2.14. The summed E-state index contributed by atoms with van der Waals surface area (Å²) in [5.41, 5.74) is 0.898. The van der Waals surface area contributed by atoms with Crippen molar-refractivity contribution >= 4 is 11.3 Å². The van der Waals surface area contributed by atoms with Gasteiger partial charge in [0, 0.05) is 17.5 Å². The summed E-state index contributed by atoms with van der Waals surface area (Å²) in [4.78, 5) is 4.16. The number of rotatable bonds is 5. The van der Waals surface area contributed by atoms with Crippen molar-refractivity contribution in [3.8, 4) is 0 Å². The van der Waals surface area contributed by atoms with Gasteiger partial charge in [0.05, 0.1) is 11.0 Å². The normalized spacial score (nSPS) is 13.5. The molecule has 1 N–H and O–H groups in total. The van der Waals surface area contributed by atoms with E-state index < -0.39 is 12.5 Å². The quantitative estimate of drug-likeness (QED) is 0.823. The topological polar surface area (TPSA) is 24.9 Å². The molecule has 0 spiro atoms. The summed E-state index contributed by atoms with van der Waals surface area (Å²) in [5.74, 6) is 0. The number of aromatic nitrogens is 1. The predicted octanol–water partition coefficient (Wildman–Crippen LogP) is 2.24. The molecule has 0 amide bonds. The summed E-state index contributed by atoms with van der Waals surface area (Å²) >= 11 is 1.44. The van der Waals surface area contributed by atoms with Gasteiger partial charge in [-0.15, -0.1) is 11.3 Å². The van der Waals surface area contributed by atoms with Gasteiger partial charge in [-0.2, -0.15) is 0 Å². The Kier molecular flexibility index (Phi) is 4.41. The van der Waals surface area contributed by atoms with Crippen LogP contribution in [0.15, 0.2) is 5.38 Å². The first kappa shape index (κ1) is 11.5. The van der Waals surface area contributed by atoms with Crippen molar-refractivity contribution in [2.45, 2.75) is 32.7 Å². The summed E-state index contributed by atoms with van der Waals surface area (Å²) in [6, 6.07) is -0.773. The zero-order chi connectivity index (χ0) is 10.6. The third kappa shape index (κ3) is 3.31. The van der Waals surface area contributed by atoms with Crippen LogP contribution < -0.4 is 5.32 Å². The van der Waals surface area contributed by atoms with Crippen LogP contribution in [0.4, 0.5) is 8.78 Å². The number of halogens is 2. The molecule has 0 fully saturated rings. The molecule has 0 bridgehead atoms. The maximum absolute atomic E-state index is 12.5. The van der Waals surface area contributed by atoms with Crippen LogP contribution in [-0.2, 0) is 6.42 Å². The van der Waals surface area contributed by atoms with E-state index in [0.717, 1.165) is 10.7 Å². The molecule has 0 saturated heterocycles. The van der Waals surface area contributed by atoms with Crippen molar-refractivity contribution in [1.29, 1.82) is 0 Å². The minimum Gasteiger partial charge on any atom is -0.309 e. The second-order valence-corrected chi connectivity index (χ2v) is 4.03. The molecule has 0 aromatic carbocycles. The zero-order valence-corrected chi connectivity index (χ0v) is 9.07. The van der Waals surface area contributed by atoms with Crippen LogP contribution in [0.5, 0.6) is 0 Å². The lowest BCUT2D eigenvalue weighted by Gasteiger charge is -2.14. The first-order chi connectivity index (χ1) is 6.63. The van der Waals surface area contributed by atoms with Gasteiger partial charge in [0.1, 0.15) is 0 Å². The molecule has 5 heteroatoms. The second-order valence-electron chi connectivity index (χ2n) is 3.09. The molecule has 1 rings (SSSR count). The van der Waals surface area contributed by atoms with Crippen LogP contribution in [0, 0.1) is 6.92 Å². The molecule has 1 atom stereocenters. The van der Waals surface area contributed by atoms with Gasteiger partial charge in [0.2, 0.25) is 0 Å². The fraction of sp³-hybridized carbons (Fsp3) is 0.667. The Balaban J connectivity index is 2.55. The van der Waals surface area contributed by atoms with E-state index in [1.165, 1.54) is 11.3 Å². The lowest BCUT2D eigenvalue weighted by atomic mass is 10.2. The van der Waals surface area contributed by atoms with Crippen LogP contribution in [0.3, 0.4) is 0 Å². The minimum absolute atomic E-state index is 0.310. The third-order valence-corrected chi connectivity index (χ3v) is 2.82. The van der Waals surface area contributed by atoms with E-state index in [2.05, 4.69) is 10.3 Å². The Labute approximate surface area is 86.4 Å². The SMILES string of the molecule is CCNC(Cc1nc(C)cs1)C(F)F. The van der Waals surface area contributed by atoms with Crippen molar-refractivity contribution < 1.29 is 8.78 Å². The third-order valence-electron chi connectivity index (χ3n) is 1.83. The standard InChI is InChI=1S/C9H14F2N2S/c1-3-12-7(9(10)11)4-8-13-6(2)5-14-8/h5,7,9,12H,3-4H2,1-2H3. The highest BCUT2D eigenvalue weighted by Gasteiger charge is 2.20. The summed E-state index contributed by atoms with van der Waals surface area (Å²) in [5, 5.41) is 5.41. The molecular weight excluding hydrogens is 206 g/mol. The van der Waals surface area contributed by atoms with Crippen molar-refractivity contribution in [3.05, 3.63) is 16.1 Å². The molecule has 0 radical (unpaired) electrons. The monoisotopic (exact) mass is 220 g/mol. The van der Waals surface area contributed by atoms with Gasteiger partial charge in [-0.3, -0.25) is 0 Å². The predicted molar refractivity (Wildman–Crippen MR) is 54.0 cm³/mol. The Morgan fingerprint density at radius 2 is 2.29 bits per heavy atom. The van der Waals surface area contributed by atoms with Crippen molar-refractivity contribution in [1.82, 2.24) is 10.3 Å². The van der Waals surface area contributed by atoms with E-state index in [9.17, 15) is 8.78 Å². The van der Waals surface area contributed by atoms with E-state index >= 15 is 0 Å². The molecule has 0 aliphatic heterocycles. The summed E-state index contributed by atoms with van der Waals surface area (Å²) < 4.78 is 25.0. The van der Waals surface area contributed by atoms with E-state index in [0.29, 0.717) is 13.0 Å². The number of nitrogens with one attached hydrogen (secondary N) is 1. The van der Waals surface area contributed by atoms with Gasteiger partial charge >= 0.3 is 0 Å². The van der Waals surface area contributed by atoms with Crippen LogP contribution in [0.25, 0.3) is 0 Å². The highest BCUT2D eigenvalue weighted by atomic mass is 32.1. The van der Waals surface area contributed by atoms with Crippen LogP contribution in [0.2, 0.25) is 0 Å². The fourth-order valence-electron chi connectivity index (χ4n) is 1.20. The molecule has 1 unspecified atom stereocenters. The molecule has 80 valence electrons. The summed E-state index contributed by atoms with van der Waals surface area (Å²) in [6.45, 7) is 4.24. The van der Waals surface area contributed by atoms with E-state index in [1.807, 2.05) is 19.2 Å². The Bertz CT molecular complexity index is 276. The number of aryl methyl sites for hydroxylation is 1. The number of alkyl halides is 2. The number of nitrogens with zero attached hydrogens (tertiary/aromatic N) is 1. The molecular formula is C9H14F2N2S. The maximum atomic E-state index is 12.5. The van der Waals surface area contributed by atoms with Crippen molar-refractivity contribution in [2.75, 3.05) is 6.54 Å². The molecule has 0 saturated carbocycles. The lowest BCUT2D eigenvalue weighted by molar-refractivity contribution is 0.0990. The van der Waals surface area contributed by atoms with Gasteiger partial charge in [0.15, 0.2) is 0 Å². The molecule has 14 heavy (non-hydrogen) atoms. The van der Waals surface area contributed by atoms with Crippen LogP contribution >= 0.6 is 11.3 Å². The summed E-state index contributed by atoms with van der Waals surface area (Å²) in [6.07, 6.45) is -2.02. The highest BCUT2D eigenvalue weighted by molar-refractivity contribution is 7.09. The molecule has 1 aromatic heterocycles. The second kappa shape index (κ2) is 5.36. The van der Waals surface area contributed by atoms with Crippen molar-refractivity contribution in [2.24, 2.45) is 0 Å². The molecule has 0 aliphatic rings. The van der Waals surface area contributed by atoms with Crippen molar-refractivity contribution in [3.63, 3.8) is 0 Å².